The van der Waals surface area contributed by atoms with Gasteiger partial charge in [0.25, 0.3) is 5.22 Å². The van der Waals surface area contributed by atoms with Crippen LogP contribution in [0.5, 0.6) is 5.75 Å². The van der Waals surface area contributed by atoms with Gasteiger partial charge in [0, 0.05) is 25.2 Å². The summed E-state index contributed by atoms with van der Waals surface area (Å²) >= 11 is 7.23. The highest BCUT2D eigenvalue weighted by atomic mass is 35.5. The van der Waals surface area contributed by atoms with E-state index < -0.39 is 15.3 Å². The summed E-state index contributed by atoms with van der Waals surface area (Å²) in [6.07, 6.45) is 0. The van der Waals surface area contributed by atoms with E-state index in [1.807, 2.05) is 6.92 Å². The Kier molecular flexibility index (Phi) is 6.85. The van der Waals surface area contributed by atoms with Crippen molar-refractivity contribution in [3.05, 3.63) is 40.9 Å². The molecule has 1 amide bonds. The highest BCUT2D eigenvalue weighted by molar-refractivity contribution is 8.00. The SMILES string of the molecule is COc1cc(Cl)c(C)cc1NC(=O)C(C)Sc1nc2cc(S(=O)(=O)N(C)C)ccc2o1. The number of methoxy groups -OCH3 is 1. The fourth-order valence-corrected chi connectivity index (χ4v) is 4.51. The van der Waals surface area contributed by atoms with E-state index in [0.717, 1.165) is 21.6 Å². The maximum Gasteiger partial charge on any atom is 0.257 e. The maximum absolute atomic E-state index is 12.7. The largest absolute Gasteiger partial charge is 0.495 e. The number of aromatic nitrogens is 1. The van der Waals surface area contributed by atoms with E-state index in [0.29, 0.717) is 27.6 Å². The van der Waals surface area contributed by atoms with Crippen LogP contribution >= 0.6 is 23.4 Å². The van der Waals surface area contributed by atoms with Crippen LogP contribution in [0.15, 0.2) is 44.9 Å². The van der Waals surface area contributed by atoms with Crippen molar-refractivity contribution in [2.24, 2.45) is 0 Å². The molecule has 3 aromatic rings. The number of hydrogen-bond acceptors (Lipinski definition) is 7. The number of nitrogens with zero attached hydrogens (tertiary/aromatic N) is 2. The van der Waals surface area contributed by atoms with Gasteiger partial charge < -0.3 is 14.5 Å². The van der Waals surface area contributed by atoms with Crippen molar-refractivity contribution in [2.75, 3.05) is 26.5 Å². The molecule has 2 aromatic carbocycles. The van der Waals surface area contributed by atoms with E-state index in [9.17, 15) is 13.2 Å². The van der Waals surface area contributed by atoms with Crippen LogP contribution < -0.4 is 10.1 Å². The number of aryl methyl sites for hydroxylation is 1. The molecule has 1 atom stereocenters. The van der Waals surface area contributed by atoms with Gasteiger partial charge in [0.15, 0.2) is 5.58 Å². The fourth-order valence-electron chi connectivity index (χ4n) is 2.68. The van der Waals surface area contributed by atoms with Crippen LogP contribution in [0.2, 0.25) is 5.02 Å². The average Bonchev–Trinajstić information content (AvgIpc) is 3.11. The first kappa shape index (κ1) is 23.4. The summed E-state index contributed by atoms with van der Waals surface area (Å²) < 4.78 is 36.7. The number of hydrogen-bond donors (Lipinski definition) is 1. The molecule has 0 saturated carbocycles. The minimum atomic E-state index is -3.58. The number of oxazole rings is 1. The van der Waals surface area contributed by atoms with Gasteiger partial charge in [-0.15, -0.1) is 0 Å². The van der Waals surface area contributed by atoms with Crippen molar-refractivity contribution < 1.29 is 22.4 Å². The second kappa shape index (κ2) is 9.07. The third kappa shape index (κ3) is 4.98. The molecule has 8 nitrogen and oxygen atoms in total. The number of halogens is 1. The molecule has 3 rings (SSSR count). The number of carbonyl (C=O) groups is 1. The Morgan fingerprint density at radius 1 is 1.29 bits per heavy atom. The zero-order valence-corrected chi connectivity index (χ0v) is 20.0. The van der Waals surface area contributed by atoms with Crippen molar-refractivity contribution >= 4 is 56.1 Å². The molecule has 1 heterocycles. The van der Waals surface area contributed by atoms with Gasteiger partial charge in [0.1, 0.15) is 11.3 Å². The lowest BCUT2D eigenvalue weighted by atomic mass is 10.2. The number of sulfonamides is 1. The molecule has 31 heavy (non-hydrogen) atoms. The number of benzene rings is 2. The lowest BCUT2D eigenvalue weighted by molar-refractivity contribution is -0.115. The number of rotatable bonds is 7. The second-order valence-electron chi connectivity index (χ2n) is 6.95. The van der Waals surface area contributed by atoms with E-state index in [4.69, 9.17) is 20.8 Å². The normalized spacial score (nSPS) is 12.9. The van der Waals surface area contributed by atoms with Gasteiger partial charge in [-0.1, -0.05) is 23.4 Å². The summed E-state index contributed by atoms with van der Waals surface area (Å²) in [5.41, 5.74) is 2.15. The quantitative estimate of drug-likeness (QED) is 0.503. The molecule has 1 N–H and O–H groups in total. The number of carbonyl (C=O) groups excluding carboxylic acids is 1. The van der Waals surface area contributed by atoms with Crippen molar-refractivity contribution in [1.82, 2.24) is 9.29 Å². The Balaban J connectivity index is 1.78. The summed E-state index contributed by atoms with van der Waals surface area (Å²) in [4.78, 5) is 17.1. The predicted octanol–water partition coefficient (Wildman–Crippen LogP) is 4.17. The van der Waals surface area contributed by atoms with Crippen LogP contribution in [0.25, 0.3) is 11.1 Å². The molecule has 0 saturated heterocycles. The Hall–Kier alpha value is -2.27. The Morgan fingerprint density at radius 2 is 2.00 bits per heavy atom. The number of ether oxygens (including phenoxy) is 1. The fraction of sp³-hybridized carbons (Fsp3) is 0.300. The van der Waals surface area contributed by atoms with Crippen LogP contribution in [0.1, 0.15) is 12.5 Å². The standard InChI is InChI=1S/C20H22ClN3O5S2/c1-11-8-15(18(28-5)10-14(11)21)22-19(25)12(2)30-20-23-16-9-13(6-7-17(16)29-20)31(26,27)24(3)4/h6-10,12H,1-5H3,(H,22,25). The number of fused-ring (bicyclic) bond motifs is 1. The van der Waals surface area contributed by atoms with Gasteiger partial charge in [0.2, 0.25) is 15.9 Å². The molecule has 0 spiro atoms. The number of anilines is 1. The first-order chi connectivity index (χ1) is 14.5. The predicted molar refractivity (Wildman–Crippen MR) is 122 cm³/mol. The zero-order chi connectivity index (χ0) is 22.9. The first-order valence-electron chi connectivity index (χ1n) is 9.17. The van der Waals surface area contributed by atoms with E-state index in [1.165, 1.54) is 33.3 Å². The first-order valence-corrected chi connectivity index (χ1v) is 11.9. The van der Waals surface area contributed by atoms with E-state index in [-0.39, 0.29) is 16.0 Å². The Labute approximate surface area is 190 Å². The van der Waals surface area contributed by atoms with Gasteiger partial charge in [-0.2, -0.15) is 0 Å². The van der Waals surface area contributed by atoms with Crippen LogP contribution in [0, 0.1) is 6.92 Å². The molecular weight excluding hydrogens is 462 g/mol. The van der Waals surface area contributed by atoms with Gasteiger partial charge in [0.05, 0.1) is 22.9 Å². The van der Waals surface area contributed by atoms with Crippen molar-refractivity contribution in [2.45, 2.75) is 29.2 Å². The van der Waals surface area contributed by atoms with Crippen molar-refractivity contribution in [1.29, 1.82) is 0 Å². The number of thioether (sulfide) groups is 1. The monoisotopic (exact) mass is 483 g/mol. The Morgan fingerprint density at radius 3 is 2.65 bits per heavy atom. The van der Waals surface area contributed by atoms with E-state index in [2.05, 4.69) is 10.3 Å². The zero-order valence-electron chi connectivity index (χ0n) is 17.6. The van der Waals surface area contributed by atoms with Gasteiger partial charge in [-0.25, -0.2) is 17.7 Å². The molecular formula is C20H22ClN3O5S2. The summed E-state index contributed by atoms with van der Waals surface area (Å²) in [6.45, 7) is 3.55. The number of nitrogens with one attached hydrogen (secondary N) is 1. The smallest absolute Gasteiger partial charge is 0.257 e. The lowest BCUT2D eigenvalue weighted by Crippen LogP contribution is -2.22. The summed E-state index contributed by atoms with van der Waals surface area (Å²) in [5.74, 6) is 0.181. The molecule has 0 aliphatic rings. The van der Waals surface area contributed by atoms with Crippen LogP contribution in [-0.4, -0.2) is 50.1 Å². The molecule has 1 unspecified atom stereocenters. The van der Waals surface area contributed by atoms with E-state index in [1.54, 1.807) is 25.1 Å². The van der Waals surface area contributed by atoms with E-state index >= 15 is 0 Å². The molecule has 0 bridgehead atoms. The summed E-state index contributed by atoms with van der Waals surface area (Å²) in [7, 11) is 0.833. The van der Waals surface area contributed by atoms with Crippen molar-refractivity contribution in [3.63, 3.8) is 0 Å². The molecule has 166 valence electrons. The van der Waals surface area contributed by atoms with Crippen molar-refractivity contribution in [3.8, 4) is 5.75 Å². The molecule has 11 heteroatoms. The number of amides is 1. The average molecular weight is 484 g/mol. The lowest BCUT2D eigenvalue weighted by Gasteiger charge is -2.14. The molecule has 0 fully saturated rings. The van der Waals surface area contributed by atoms with Gasteiger partial charge >= 0.3 is 0 Å². The van der Waals surface area contributed by atoms with Gasteiger partial charge in [-0.05, 0) is 43.7 Å². The third-order valence-corrected chi connectivity index (χ3v) is 7.67. The molecule has 0 aliphatic heterocycles. The second-order valence-corrected chi connectivity index (χ2v) is 10.8. The molecule has 0 radical (unpaired) electrons. The highest BCUT2D eigenvalue weighted by Gasteiger charge is 2.22. The van der Waals surface area contributed by atoms with Crippen LogP contribution in [0.3, 0.4) is 0 Å². The topological polar surface area (TPSA) is 102 Å². The minimum absolute atomic E-state index is 0.117. The molecule has 0 aliphatic carbocycles. The Bertz CT molecular complexity index is 1240. The van der Waals surface area contributed by atoms with Gasteiger partial charge in [-0.3, -0.25) is 4.79 Å². The third-order valence-electron chi connectivity index (χ3n) is 4.50. The summed E-state index contributed by atoms with van der Waals surface area (Å²) in [6, 6.07) is 7.84. The minimum Gasteiger partial charge on any atom is -0.495 e. The molecule has 1 aromatic heterocycles. The maximum atomic E-state index is 12.7. The highest BCUT2D eigenvalue weighted by Crippen LogP contribution is 2.33. The van der Waals surface area contributed by atoms with Crippen LogP contribution in [-0.2, 0) is 14.8 Å². The van der Waals surface area contributed by atoms with Crippen LogP contribution in [0.4, 0.5) is 5.69 Å². The summed E-state index contributed by atoms with van der Waals surface area (Å²) in [5, 5.41) is 3.09.